The molecule has 0 aliphatic carbocycles. The second-order valence-corrected chi connectivity index (χ2v) is 10.7. The molecule has 38 heavy (non-hydrogen) atoms. The highest BCUT2D eigenvalue weighted by Crippen LogP contribution is 2.34. The molecular weight excluding hydrogens is 526 g/mol. The van der Waals surface area contributed by atoms with Gasteiger partial charge in [-0.2, -0.15) is 0 Å². The van der Waals surface area contributed by atoms with Gasteiger partial charge in [0.1, 0.15) is 23.8 Å². The fraction of sp³-hybridized carbons (Fsp3) is 0.179. The molecule has 0 atom stereocenters. The van der Waals surface area contributed by atoms with Crippen LogP contribution in [0.25, 0.3) is 27.0 Å². The SMILES string of the molecule is O=C(Cn1c(=O)c2ccccc2n2c(=S)sc(-c3ccccc3F)c12)N1CCN(c2ccc(F)cc2)CC1. The van der Waals surface area contributed by atoms with Gasteiger partial charge in [0.2, 0.25) is 5.91 Å². The fourth-order valence-corrected chi connectivity index (χ4v) is 6.44. The molecule has 6 rings (SSSR count). The number of rotatable bonds is 4. The highest BCUT2D eigenvalue weighted by Gasteiger charge is 2.25. The third kappa shape index (κ3) is 4.19. The molecule has 0 saturated carbocycles. The molecule has 0 unspecified atom stereocenters. The van der Waals surface area contributed by atoms with E-state index in [9.17, 15) is 18.4 Å². The van der Waals surface area contributed by atoms with Gasteiger partial charge >= 0.3 is 0 Å². The average Bonchev–Trinajstić information content (AvgIpc) is 3.28. The molecule has 10 heteroatoms. The van der Waals surface area contributed by atoms with Crippen LogP contribution in [0.2, 0.25) is 0 Å². The minimum Gasteiger partial charge on any atom is -0.368 e. The number of nitrogens with zero attached hydrogens (tertiary/aromatic N) is 4. The molecule has 1 aliphatic heterocycles. The number of aromatic nitrogens is 2. The zero-order chi connectivity index (χ0) is 26.4. The van der Waals surface area contributed by atoms with Gasteiger partial charge in [0, 0.05) is 37.4 Å². The van der Waals surface area contributed by atoms with E-state index in [1.165, 1.54) is 34.1 Å². The molecule has 0 radical (unpaired) electrons. The van der Waals surface area contributed by atoms with Crippen molar-refractivity contribution in [3.63, 3.8) is 0 Å². The fourth-order valence-electron chi connectivity index (χ4n) is 4.98. The number of benzene rings is 3. The predicted molar refractivity (Wildman–Crippen MR) is 148 cm³/mol. The maximum Gasteiger partial charge on any atom is 0.262 e. The van der Waals surface area contributed by atoms with Gasteiger partial charge in [0.05, 0.1) is 15.8 Å². The zero-order valence-electron chi connectivity index (χ0n) is 20.1. The first-order valence-corrected chi connectivity index (χ1v) is 13.3. The first kappa shape index (κ1) is 24.4. The minimum atomic E-state index is -0.429. The molecule has 2 aromatic heterocycles. The Morgan fingerprint density at radius 1 is 0.895 bits per heavy atom. The number of fused-ring (bicyclic) bond motifs is 3. The van der Waals surface area contributed by atoms with Crippen LogP contribution in [0.4, 0.5) is 14.5 Å². The van der Waals surface area contributed by atoms with Crippen molar-refractivity contribution in [3.8, 4) is 10.4 Å². The molecule has 3 aromatic carbocycles. The van der Waals surface area contributed by atoms with Gasteiger partial charge in [-0.25, -0.2) is 8.78 Å². The molecule has 5 aromatic rings. The van der Waals surface area contributed by atoms with E-state index in [1.54, 1.807) is 57.8 Å². The van der Waals surface area contributed by atoms with E-state index in [0.29, 0.717) is 57.1 Å². The van der Waals surface area contributed by atoms with Gasteiger partial charge in [0.15, 0.2) is 3.95 Å². The molecule has 1 fully saturated rings. The number of piperazine rings is 1. The second-order valence-electron chi connectivity index (χ2n) is 9.09. The Morgan fingerprint density at radius 2 is 1.58 bits per heavy atom. The monoisotopic (exact) mass is 548 g/mol. The van der Waals surface area contributed by atoms with Crippen molar-refractivity contribution in [2.75, 3.05) is 31.1 Å². The summed E-state index contributed by atoms with van der Waals surface area (Å²) in [5.41, 5.74) is 1.92. The van der Waals surface area contributed by atoms with Crippen molar-refractivity contribution in [1.29, 1.82) is 0 Å². The molecule has 1 amide bonds. The normalized spacial score (nSPS) is 13.9. The van der Waals surface area contributed by atoms with Crippen LogP contribution >= 0.6 is 23.6 Å². The van der Waals surface area contributed by atoms with Crippen molar-refractivity contribution < 1.29 is 13.6 Å². The quantitative estimate of drug-likeness (QED) is 0.285. The molecule has 0 bridgehead atoms. The van der Waals surface area contributed by atoms with E-state index >= 15 is 0 Å². The van der Waals surface area contributed by atoms with Crippen LogP contribution in [0.15, 0.2) is 77.6 Å². The summed E-state index contributed by atoms with van der Waals surface area (Å²) in [4.78, 5) is 31.5. The van der Waals surface area contributed by atoms with E-state index in [2.05, 4.69) is 4.90 Å². The van der Waals surface area contributed by atoms with Crippen LogP contribution < -0.4 is 10.5 Å². The van der Waals surface area contributed by atoms with Gasteiger partial charge in [-0.3, -0.25) is 18.6 Å². The van der Waals surface area contributed by atoms with E-state index in [0.717, 1.165) is 5.69 Å². The van der Waals surface area contributed by atoms with Crippen LogP contribution in [-0.2, 0) is 11.3 Å². The van der Waals surface area contributed by atoms with E-state index < -0.39 is 5.82 Å². The summed E-state index contributed by atoms with van der Waals surface area (Å²) in [5, 5.41) is 0.433. The van der Waals surface area contributed by atoms with Crippen LogP contribution in [0, 0.1) is 15.6 Å². The van der Waals surface area contributed by atoms with Crippen molar-refractivity contribution >= 4 is 51.7 Å². The van der Waals surface area contributed by atoms with Crippen molar-refractivity contribution in [1.82, 2.24) is 13.9 Å². The Bertz CT molecular complexity index is 1800. The Labute approximate surface area is 225 Å². The maximum absolute atomic E-state index is 14.9. The topological polar surface area (TPSA) is 50.0 Å². The smallest absolute Gasteiger partial charge is 0.262 e. The van der Waals surface area contributed by atoms with Crippen LogP contribution in [0.5, 0.6) is 0 Å². The average molecular weight is 549 g/mol. The van der Waals surface area contributed by atoms with Gasteiger partial charge in [-0.1, -0.05) is 30.3 Å². The summed E-state index contributed by atoms with van der Waals surface area (Å²) in [6.07, 6.45) is 0. The number of halogens is 2. The summed E-state index contributed by atoms with van der Waals surface area (Å²) in [7, 11) is 0. The Balaban J connectivity index is 1.39. The van der Waals surface area contributed by atoms with Crippen LogP contribution in [-0.4, -0.2) is 46.0 Å². The van der Waals surface area contributed by atoms with Crippen molar-refractivity contribution in [3.05, 3.63) is 98.7 Å². The number of carbonyl (C=O) groups excluding carboxylic acids is 1. The number of para-hydroxylation sites is 1. The van der Waals surface area contributed by atoms with Crippen LogP contribution in [0.3, 0.4) is 0 Å². The first-order valence-electron chi connectivity index (χ1n) is 12.1. The summed E-state index contributed by atoms with van der Waals surface area (Å²) in [5.74, 6) is -0.931. The number of hydrogen-bond acceptors (Lipinski definition) is 5. The number of carbonyl (C=O) groups is 1. The number of hydrogen-bond donors (Lipinski definition) is 0. The molecular formula is C28H22F2N4O2S2. The third-order valence-electron chi connectivity index (χ3n) is 6.90. The predicted octanol–water partition coefficient (Wildman–Crippen LogP) is 5.34. The van der Waals surface area contributed by atoms with Gasteiger partial charge in [0.25, 0.3) is 5.56 Å². The number of anilines is 1. The van der Waals surface area contributed by atoms with Gasteiger partial charge in [-0.15, -0.1) is 11.3 Å². The van der Waals surface area contributed by atoms with E-state index in [-0.39, 0.29) is 23.8 Å². The zero-order valence-corrected chi connectivity index (χ0v) is 21.8. The molecule has 6 nitrogen and oxygen atoms in total. The highest BCUT2D eigenvalue weighted by molar-refractivity contribution is 7.73. The largest absolute Gasteiger partial charge is 0.368 e. The summed E-state index contributed by atoms with van der Waals surface area (Å²) < 4.78 is 31.8. The lowest BCUT2D eigenvalue weighted by molar-refractivity contribution is -0.132. The molecule has 192 valence electrons. The maximum atomic E-state index is 14.9. The highest BCUT2D eigenvalue weighted by atomic mass is 32.1. The lowest BCUT2D eigenvalue weighted by Gasteiger charge is -2.36. The summed E-state index contributed by atoms with van der Waals surface area (Å²) in [6, 6.07) is 19.7. The van der Waals surface area contributed by atoms with Gasteiger partial charge in [-0.05, 0) is 54.7 Å². The number of amides is 1. The molecule has 0 spiro atoms. The Morgan fingerprint density at radius 3 is 2.32 bits per heavy atom. The third-order valence-corrected chi connectivity index (χ3v) is 8.30. The lowest BCUT2D eigenvalue weighted by atomic mass is 10.1. The van der Waals surface area contributed by atoms with E-state index in [4.69, 9.17) is 12.2 Å². The standard InChI is InChI=1S/C28H22F2N4O2S2/c29-18-9-11-19(12-10-18)31-13-15-32(16-14-31)24(35)17-33-26-25(20-5-1-3-7-22(20)30)38-28(37)34(26)23-8-4-2-6-21(23)27(33)36/h1-12H,13-17H2. The van der Waals surface area contributed by atoms with Gasteiger partial charge < -0.3 is 9.80 Å². The summed E-state index contributed by atoms with van der Waals surface area (Å²) in [6.45, 7) is 1.90. The lowest BCUT2D eigenvalue weighted by Crippen LogP contribution is -2.50. The molecule has 0 N–H and O–H groups in total. The van der Waals surface area contributed by atoms with E-state index in [1.807, 2.05) is 6.07 Å². The van der Waals surface area contributed by atoms with Crippen molar-refractivity contribution in [2.45, 2.75) is 6.54 Å². The molecule has 3 heterocycles. The second kappa shape index (κ2) is 9.77. The molecule has 1 saturated heterocycles. The Kier molecular flexibility index (Phi) is 6.29. The summed E-state index contributed by atoms with van der Waals surface area (Å²) >= 11 is 6.89. The minimum absolute atomic E-state index is 0.198. The Hall–Kier alpha value is -3.89. The number of thiazole rings is 1. The van der Waals surface area contributed by atoms with Crippen molar-refractivity contribution in [2.24, 2.45) is 0 Å². The first-order chi connectivity index (χ1) is 18.4. The molecule has 1 aliphatic rings. The van der Waals surface area contributed by atoms with Crippen LogP contribution in [0.1, 0.15) is 0 Å².